The van der Waals surface area contributed by atoms with Crippen molar-refractivity contribution in [1.82, 2.24) is 10.6 Å². The third-order valence-corrected chi connectivity index (χ3v) is 4.55. The number of rotatable bonds is 6. The van der Waals surface area contributed by atoms with Gasteiger partial charge in [-0.15, -0.1) is 0 Å². The van der Waals surface area contributed by atoms with Gasteiger partial charge in [-0.2, -0.15) is 0 Å². The molecular weight excluding hydrogens is 351 g/mol. The van der Waals surface area contributed by atoms with Crippen molar-refractivity contribution in [3.05, 3.63) is 65.5 Å². The molecule has 0 spiro atoms. The monoisotopic (exact) mass is 374 g/mol. The summed E-state index contributed by atoms with van der Waals surface area (Å²) in [6, 6.07) is 13.4. The van der Waals surface area contributed by atoms with Crippen LogP contribution in [0, 0.1) is 5.82 Å². The Kier molecular flexibility index (Phi) is 6.26. The van der Waals surface area contributed by atoms with Crippen molar-refractivity contribution < 1.29 is 23.8 Å². The molecule has 27 heavy (non-hydrogen) atoms. The molecule has 1 fully saturated rings. The minimum atomic E-state index is -0.784. The predicted octanol–water partition coefficient (Wildman–Crippen LogP) is 2.00. The van der Waals surface area contributed by atoms with Gasteiger partial charge in [-0.3, -0.25) is 0 Å². The first kappa shape index (κ1) is 19.1. The first-order chi connectivity index (χ1) is 13.0. The van der Waals surface area contributed by atoms with Crippen molar-refractivity contribution in [2.24, 2.45) is 0 Å². The van der Waals surface area contributed by atoms with Crippen LogP contribution >= 0.6 is 0 Å². The number of aliphatic hydroxyl groups excluding tert-OH is 1. The first-order valence-corrected chi connectivity index (χ1v) is 8.78. The summed E-state index contributed by atoms with van der Waals surface area (Å²) in [4.78, 5) is 12.1. The summed E-state index contributed by atoms with van der Waals surface area (Å²) in [7, 11) is 1.61. The molecule has 3 atom stereocenters. The number of aliphatic hydroxyl groups is 1. The zero-order chi connectivity index (χ0) is 19.2. The summed E-state index contributed by atoms with van der Waals surface area (Å²) in [6.07, 6.45) is -1.50. The van der Waals surface area contributed by atoms with E-state index in [9.17, 15) is 14.3 Å². The van der Waals surface area contributed by atoms with Crippen LogP contribution in [0.4, 0.5) is 9.18 Å². The number of nitrogens with one attached hydrogen (secondary N) is 2. The van der Waals surface area contributed by atoms with Gasteiger partial charge in [0.05, 0.1) is 13.2 Å². The van der Waals surface area contributed by atoms with E-state index in [1.807, 2.05) is 24.3 Å². The van der Waals surface area contributed by atoms with Gasteiger partial charge < -0.3 is 25.2 Å². The number of β-amino-alcohol motifs (C(OH)–C–C–N with tert-alkyl or cyclic N) is 1. The van der Waals surface area contributed by atoms with Gasteiger partial charge in [0, 0.05) is 13.1 Å². The number of amides is 1. The van der Waals surface area contributed by atoms with Crippen LogP contribution in [-0.2, 0) is 17.7 Å². The maximum absolute atomic E-state index is 13.2. The molecule has 1 aliphatic rings. The average molecular weight is 374 g/mol. The van der Waals surface area contributed by atoms with E-state index in [1.54, 1.807) is 19.2 Å². The maximum atomic E-state index is 13.2. The molecule has 1 heterocycles. The summed E-state index contributed by atoms with van der Waals surface area (Å²) in [5.41, 5.74) is 1.67. The number of methoxy groups -OCH3 is 1. The van der Waals surface area contributed by atoms with E-state index in [2.05, 4.69) is 10.6 Å². The highest BCUT2D eigenvalue weighted by molar-refractivity contribution is 5.67. The first-order valence-electron chi connectivity index (χ1n) is 8.78. The second-order valence-electron chi connectivity index (χ2n) is 6.49. The fraction of sp³-hybridized carbons (Fsp3) is 0.350. The molecule has 7 heteroatoms. The lowest BCUT2D eigenvalue weighted by Gasteiger charge is -2.22. The van der Waals surface area contributed by atoms with E-state index in [4.69, 9.17) is 9.47 Å². The minimum absolute atomic E-state index is 0.149. The van der Waals surface area contributed by atoms with Crippen molar-refractivity contribution in [3.8, 4) is 5.75 Å². The number of hydrogen-bond acceptors (Lipinski definition) is 5. The van der Waals surface area contributed by atoms with Crippen LogP contribution < -0.4 is 15.4 Å². The molecule has 144 valence electrons. The lowest BCUT2D eigenvalue weighted by Crippen LogP contribution is -2.41. The Morgan fingerprint density at radius 3 is 2.74 bits per heavy atom. The van der Waals surface area contributed by atoms with Gasteiger partial charge in [-0.05, 0) is 41.8 Å². The Labute approximate surface area is 157 Å². The van der Waals surface area contributed by atoms with Gasteiger partial charge in [0.1, 0.15) is 23.8 Å². The van der Waals surface area contributed by atoms with Crippen molar-refractivity contribution in [3.63, 3.8) is 0 Å². The van der Waals surface area contributed by atoms with Crippen LogP contribution in [0.1, 0.15) is 11.1 Å². The Morgan fingerprint density at radius 1 is 1.26 bits per heavy atom. The van der Waals surface area contributed by atoms with Gasteiger partial charge in [0.15, 0.2) is 0 Å². The maximum Gasteiger partial charge on any atom is 0.407 e. The number of halogens is 1. The van der Waals surface area contributed by atoms with E-state index in [0.29, 0.717) is 18.5 Å². The molecule has 6 nitrogen and oxygen atoms in total. The topological polar surface area (TPSA) is 79.8 Å². The Balaban J connectivity index is 1.55. The standard InChI is InChI=1S/C20H23FN2O4/c1-26-16-7-5-13(6-8-16)10-17-19(18(24)12-22-17)27-20(25)23-11-14-3-2-4-15(21)9-14/h2-9,17-19,22,24H,10-12H2,1H3,(H,23,25)/t17-,18+,19+/m1/s1. The molecular formula is C20H23FN2O4. The van der Waals surface area contributed by atoms with Gasteiger partial charge in [-0.1, -0.05) is 24.3 Å². The van der Waals surface area contributed by atoms with Crippen molar-refractivity contribution in [2.75, 3.05) is 13.7 Å². The average Bonchev–Trinajstić information content (AvgIpc) is 3.00. The van der Waals surface area contributed by atoms with E-state index in [0.717, 1.165) is 11.3 Å². The number of carbonyl (C=O) groups is 1. The lowest BCUT2D eigenvalue weighted by molar-refractivity contribution is 0.0188. The van der Waals surface area contributed by atoms with Crippen LogP contribution in [0.25, 0.3) is 0 Å². The largest absolute Gasteiger partial charge is 0.497 e. The van der Waals surface area contributed by atoms with Crippen molar-refractivity contribution >= 4 is 6.09 Å². The molecule has 0 aliphatic carbocycles. The summed E-state index contributed by atoms with van der Waals surface area (Å²) in [5.74, 6) is 0.403. The van der Waals surface area contributed by atoms with Gasteiger partial charge in [0.2, 0.25) is 0 Å². The van der Waals surface area contributed by atoms with Crippen molar-refractivity contribution in [1.29, 1.82) is 0 Å². The van der Waals surface area contributed by atoms with Crippen LogP contribution in [0.5, 0.6) is 5.75 Å². The molecule has 3 rings (SSSR count). The number of benzene rings is 2. The predicted molar refractivity (Wildman–Crippen MR) is 98.0 cm³/mol. The number of carbonyl (C=O) groups excluding carboxylic acids is 1. The molecule has 0 aromatic heterocycles. The zero-order valence-electron chi connectivity index (χ0n) is 15.0. The minimum Gasteiger partial charge on any atom is -0.497 e. The number of ether oxygens (including phenoxy) is 2. The van der Waals surface area contributed by atoms with Crippen molar-refractivity contribution in [2.45, 2.75) is 31.2 Å². The summed E-state index contributed by atoms with van der Waals surface area (Å²) in [6.45, 7) is 0.499. The third kappa shape index (κ3) is 5.18. The normalized spacial score (nSPS) is 21.7. The van der Waals surface area contributed by atoms with E-state index >= 15 is 0 Å². The Bertz CT molecular complexity index is 769. The second-order valence-corrected chi connectivity index (χ2v) is 6.49. The molecule has 1 amide bonds. The molecule has 3 N–H and O–H groups in total. The molecule has 0 bridgehead atoms. The molecule has 1 aliphatic heterocycles. The van der Waals surface area contributed by atoms with Gasteiger partial charge in [-0.25, -0.2) is 9.18 Å². The highest BCUT2D eigenvalue weighted by Gasteiger charge is 2.37. The molecule has 2 aromatic rings. The summed E-state index contributed by atoms with van der Waals surface area (Å²) in [5, 5.41) is 15.9. The van der Waals surface area contributed by atoms with E-state index in [1.165, 1.54) is 12.1 Å². The van der Waals surface area contributed by atoms with Crippen LogP contribution in [-0.4, -0.2) is 43.1 Å². The lowest BCUT2D eigenvalue weighted by atomic mass is 10.0. The quantitative estimate of drug-likeness (QED) is 0.721. The number of hydrogen-bond donors (Lipinski definition) is 3. The van der Waals surface area contributed by atoms with E-state index in [-0.39, 0.29) is 18.4 Å². The fourth-order valence-corrected chi connectivity index (χ4v) is 3.12. The van der Waals surface area contributed by atoms with E-state index < -0.39 is 18.3 Å². The summed E-state index contributed by atoms with van der Waals surface area (Å²) >= 11 is 0. The molecule has 0 unspecified atom stereocenters. The molecule has 2 aromatic carbocycles. The molecule has 0 radical (unpaired) electrons. The third-order valence-electron chi connectivity index (χ3n) is 4.55. The SMILES string of the molecule is COc1ccc(C[C@H]2NC[C@H](O)[C@H]2OC(=O)NCc2cccc(F)c2)cc1. The Hall–Kier alpha value is -2.64. The second kappa shape index (κ2) is 8.83. The van der Waals surface area contributed by atoms with Gasteiger partial charge >= 0.3 is 6.09 Å². The highest BCUT2D eigenvalue weighted by Crippen LogP contribution is 2.19. The van der Waals surface area contributed by atoms with Crippen LogP contribution in [0.2, 0.25) is 0 Å². The van der Waals surface area contributed by atoms with Crippen LogP contribution in [0.15, 0.2) is 48.5 Å². The smallest absolute Gasteiger partial charge is 0.407 e. The highest BCUT2D eigenvalue weighted by atomic mass is 19.1. The zero-order valence-corrected chi connectivity index (χ0v) is 15.0. The molecule has 0 saturated carbocycles. The Morgan fingerprint density at radius 2 is 2.04 bits per heavy atom. The molecule has 1 saturated heterocycles. The van der Waals surface area contributed by atoms with Crippen LogP contribution in [0.3, 0.4) is 0 Å². The van der Waals surface area contributed by atoms with Gasteiger partial charge in [0.25, 0.3) is 0 Å². The summed E-state index contributed by atoms with van der Waals surface area (Å²) < 4.78 is 23.8. The number of alkyl carbamates (subject to hydrolysis) is 1. The fourth-order valence-electron chi connectivity index (χ4n) is 3.12.